The first kappa shape index (κ1) is 25.2. The highest BCUT2D eigenvalue weighted by Gasteiger charge is 2.22. The van der Waals surface area contributed by atoms with Crippen molar-refractivity contribution in [2.45, 2.75) is 53.5 Å². The van der Waals surface area contributed by atoms with Crippen molar-refractivity contribution in [3.63, 3.8) is 0 Å². The Morgan fingerprint density at radius 3 is 2.44 bits per heavy atom. The van der Waals surface area contributed by atoms with E-state index in [9.17, 15) is 19.2 Å². The minimum atomic E-state index is -0.686. The molecule has 34 heavy (non-hydrogen) atoms. The van der Waals surface area contributed by atoms with Gasteiger partial charge in [0.05, 0.1) is 0 Å². The monoisotopic (exact) mass is 467 g/mol. The maximum Gasteiger partial charge on any atom is 0.325 e. The van der Waals surface area contributed by atoms with Crippen molar-refractivity contribution in [3.05, 3.63) is 52.8 Å². The van der Waals surface area contributed by atoms with E-state index in [0.717, 1.165) is 36.5 Å². The lowest BCUT2D eigenvalue weighted by Gasteiger charge is -2.15. The molecule has 182 valence electrons. The van der Waals surface area contributed by atoms with Gasteiger partial charge in [-0.05, 0) is 62.9 Å². The zero-order valence-electron chi connectivity index (χ0n) is 20.3. The smallest absolute Gasteiger partial charge is 0.325 e. The number of hydrogen-bond acceptors (Lipinski definition) is 5. The number of aryl methyl sites for hydroxylation is 1. The number of esters is 1. The molecular weight excluding hydrogens is 434 g/mol. The van der Waals surface area contributed by atoms with Gasteiger partial charge in [-0.25, -0.2) is 0 Å². The third kappa shape index (κ3) is 6.12. The third-order valence-electron chi connectivity index (χ3n) is 6.08. The van der Waals surface area contributed by atoms with Crippen LogP contribution < -0.4 is 10.2 Å². The molecule has 2 amide bonds. The highest BCUT2D eigenvalue weighted by molar-refractivity contribution is 6.00. The standard InChI is InChI=1S/C26H33N3O5/c1-17(2)11-13-28-18(3)14-22(19(28)4)23(30)16-34-25(32)15-27-26(33)20-7-9-21(10-8-20)29-12-5-6-24(29)31/h7-10,14,17H,5-6,11-13,15-16H2,1-4H3,(H,27,33). The van der Waals surface area contributed by atoms with E-state index in [4.69, 9.17) is 4.74 Å². The number of ether oxygens (including phenoxy) is 1. The molecule has 1 aliphatic rings. The predicted molar refractivity (Wildman–Crippen MR) is 129 cm³/mol. The lowest BCUT2D eigenvalue weighted by atomic mass is 10.1. The number of benzene rings is 1. The van der Waals surface area contributed by atoms with Crippen LogP contribution in [0, 0.1) is 19.8 Å². The number of carbonyl (C=O) groups excluding carboxylic acids is 4. The molecule has 8 heteroatoms. The number of carbonyl (C=O) groups is 4. The van der Waals surface area contributed by atoms with Gasteiger partial charge >= 0.3 is 5.97 Å². The second-order valence-corrected chi connectivity index (χ2v) is 9.08. The number of aromatic nitrogens is 1. The van der Waals surface area contributed by atoms with Crippen LogP contribution in [0.15, 0.2) is 30.3 Å². The molecule has 1 saturated heterocycles. The van der Waals surface area contributed by atoms with Crippen LogP contribution in [0.3, 0.4) is 0 Å². The number of nitrogens with zero attached hydrogens (tertiary/aromatic N) is 2. The molecule has 2 aromatic rings. The molecule has 3 rings (SSSR count). The molecule has 0 saturated carbocycles. The molecule has 1 aromatic carbocycles. The number of Topliss-reactive ketones (excluding diaryl/α,β-unsaturated/α-hetero) is 1. The number of hydrogen-bond donors (Lipinski definition) is 1. The van der Waals surface area contributed by atoms with Gasteiger partial charge in [-0.1, -0.05) is 13.8 Å². The Kier molecular flexibility index (Phi) is 8.26. The van der Waals surface area contributed by atoms with Crippen LogP contribution in [0.4, 0.5) is 5.69 Å². The Hall–Kier alpha value is -3.42. The summed E-state index contributed by atoms with van der Waals surface area (Å²) in [6.45, 7) is 8.97. The number of amides is 2. The SMILES string of the molecule is Cc1cc(C(=O)COC(=O)CNC(=O)c2ccc(N3CCCC3=O)cc2)c(C)n1CCC(C)C. The first-order valence-corrected chi connectivity index (χ1v) is 11.7. The van der Waals surface area contributed by atoms with Crippen molar-refractivity contribution >= 4 is 29.3 Å². The Bertz CT molecular complexity index is 1070. The Morgan fingerprint density at radius 2 is 1.82 bits per heavy atom. The lowest BCUT2D eigenvalue weighted by molar-refractivity contribution is -0.141. The number of ketones is 1. The van der Waals surface area contributed by atoms with Crippen LogP contribution >= 0.6 is 0 Å². The molecule has 8 nitrogen and oxygen atoms in total. The summed E-state index contributed by atoms with van der Waals surface area (Å²) in [4.78, 5) is 50.5. The van der Waals surface area contributed by atoms with E-state index in [0.29, 0.717) is 30.0 Å². The van der Waals surface area contributed by atoms with Gasteiger partial charge in [0.15, 0.2) is 6.61 Å². The average molecular weight is 468 g/mol. The van der Waals surface area contributed by atoms with Crippen LogP contribution in [-0.2, 0) is 20.9 Å². The van der Waals surface area contributed by atoms with Crippen LogP contribution in [0.25, 0.3) is 0 Å². The van der Waals surface area contributed by atoms with Crippen molar-refractivity contribution < 1.29 is 23.9 Å². The summed E-state index contributed by atoms with van der Waals surface area (Å²) < 4.78 is 7.20. The van der Waals surface area contributed by atoms with Crippen LogP contribution in [0.2, 0.25) is 0 Å². The van der Waals surface area contributed by atoms with Gasteiger partial charge in [-0.2, -0.15) is 0 Å². The quantitative estimate of drug-likeness (QED) is 0.426. The van der Waals surface area contributed by atoms with E-state index in [1.165, 1.54) is 0 Å². The fourth-order valence-corrected chi connectivity index (χ4v) is 4.06. The highest BCUT2D eigenvalue weighted by atomic mass is 16.5. The summed E-state index contributed by atoms with van der Waals surface area (Å²) in [5.74, 6) is -0.753. The third-order valence-corrected chi connectivity index (χ3v) is 6.08. The molecule has 1 aromatic heterocycles. The van der Waals surface area contributed by atoms with Gasteiger partial charge in [0.2, 0.25) is 11.7 Å². The van der Waals surface area contributed by atoms with Gasteiger partial charge in [0.25, 0.3) is 5.91 Å². The number of anilines is 1. The summed E-state index contributed by atoms with van der Waals surface area (Å²) in [6.07, 6.45) is 2.38. The molecule has 1 fully saturated rings. The van der Waals surface area contributed by atoms with Crippen LogP contribution in [0.5, 0.6) is 0 Å². The van der Waals surface area contributed by atoms with Crippen LogP contribution in [-0.4, -0.2) is 47.8 Å². The minimum Gasteiger partial charge on any atom is -0.456 e. The maximum atomic E-state index is 12.6. The Labute approximate surface area is 200 Å². The number of nitrogens with one attached hydrogen (secondary N) is 1. The van der Waals surface area contributed by atoms with Gasteiger partial charge in [-0.15, -0.1) is 0 Å². The van der Waals surface area contributed by atoms with Crippen molar-refractivity contribution in [2.75, 3.05) is 24.6 Å². The maximum absolute atomic E-state index is 12.6. The van der Waals surface area contributed by atoms with Crippen molar-refractivity contribution in [1.29, 1.82) is 0 Å². The van der Waals surface area contributed by atoms with Crippen molar-refractivity contribution in [2.24, 2.45) is 5.92 Å². The normalized spacial score (nSPS) is 13.4. The summed E-state index contributed by atoms with van der Waals surface area (Å²) in [5, 5.41) is 2.50. The molecular formula is C26H33N3O5. The molecule has 2 heterocycles. The Balaban J connectivity index is 1.47. The summed E-state index contributed by atoms with van der Waals surface area (Å²) in [7, 11) is 0. The second kappa shape index (κ2) is 11.1. The summed E-state index contributed by atoms with van der Waals surface area (Å²) >= 11 is 0. The van der Waals surface area contributed by atoms with E-state index < -0.39 is 11.9 Å². The fraction of sp³-hybridized carbons (Fsp3) is 0.462. The van der Waals surface area contributed by atoms with Crippen LogP contribution in [0.1, 0.15) is 65.2 Å². The molecule has 1 N–H and O–H groups in total. The molecule has 0 aliphatic carbocycles. The highest BCUT2D eigenvalue weighted by Crippen LogP contribution is 2.21. The van der Waals surface area contributed by atoms with E-state index in [2.05, 4.69) is 23.7 Å². The average Bonchev–Trinajstić information content (AvgIpc) is 3.36. The minimum absolute atomic E-state index is 0.0759. The topological polar surface area (TPSA) is 97.7 Å². The predicted octanol–water partition coefficient (Wildman–Crippen LogP) is 3.43. The first-order chi connectivity index (χ1) is 16.2. The molecule has 0 unspecified atom stereocenters. The largest absolute Gasteiger partial charge is 0.456 e. The Morgan fingerprint density at radius 1 is 1.12 bits per heavy atom. The van der Waals surface area contributed by atoms with E-state index >= 15 is 0 Å². The van der Waals surface area contributed by atoms with Crippen molar-refractivity contribution in [3.8, 4) is 0 Å². The van der Waals surface area contributed by atoms with Gasteiger partial charge in [-0.3, -0.25) is 19.2 Å². The second-order valence-electron chi connectivity index (χ2n) is 9.08. The van der Waals surface area contributed by atoms with Gasteiger partial charge in [0.1, 0.15) is 6.54 Å². The zero-order valence-corrected chi connectivity index (χ0v) is 20.3. The molecule has 0 atom stereocenters. The molecule has 0 spiro atoms. The van der Waals surface area contributed by atoms with Crippen molar-refractivity contribution in [1.82, 2.24) is 9.88 Å². The summed E-state index contributed by atoms with van der Waals surface area (Å²) in [5.41, 5.74) is 3.54. The first-order valence-electron chi connectivity index (χ1n) is 11.7. The molecule has 1 aliphatic heterocycles. The molecule has 0 bridgehead atoms. The van der Waals surface area contributed by atoms with E-state index in [1.807, 2.05) is 19.9 Å². The van der Waals surface area contributed by atoms with Gasteiger partial charge in [0, 0.05) is 47.7 Å². The lowest BCUT2D eigenvalue weighted by Crippen LogP contribution is -2.31. The fourth-order valence-electron chi connectivity index (χ4n) is 4.06. The number of rotatable bonds is 10. The summed E-state index contributed by atoms with van der Waals surface area (Å²) in [6, 6.07) is 8.48. The molecule has 0 radical (unpaired) electrons. The zero-order chi connectivity index (χ0) is 24.8. The van der Waals surface area contributed by atoms with Gasteiger partial charge < -0.3 is 19.5 Å². The van der Waals surface area contributed by atoms with E-state index in [-0.39, 0.29) is 24.8 Å². The van der Waals surface area contributed by atoms with E-state index in [1.54, 1.807) is 29.2 Å².